The third-order valence-electron chi connectivity index (χ3n) is 2.37. The molecular weight excluding hydrogens is 182 g/mol. The standard InChI is InChI=1S/C10H17NO3/c1-2-7-14-10(13)11-8-5-3-4-6-9(8)12/h2,8-9,12H,1,3-7H2,(H,11,13). The number of hydrogen-bond donors (Lipinski definition) is 2. The average molecular weight is 199 g/mol. The van der Waals surface area contributed by atoms with Gasteiger partial charge in [0.2, 0.25) is 0 Å². The number of aliphatic hydroxyl groups is 1. The summed E-state index contributed by atoms with van der Waals surface area (Å²) in [7, 11) is 0. The molecule has 14 heavy (non-hydrogen) atoms. The monoisotopic (exact) mass is 199 g/mol. The molecule has 0 saturated heterocycles. The molecule has 1 saturated carbocycles. The van der Waals surface area contributed by atoms with Gasteiger partial charge in [-0.1, -0.05) is 25.5 Å². The highest BCUT2D eigenvalue weighted by Gasteiger charge is 2.24. The van der Waals surface area contributed by atoms with E-state index in [2.05, 4.69) is 11.9 Å². The second kappa shape index (κ2) is 5.65. The first kappa shape index (κ1) is 11.0. The van der Waals surface area contributed by atoms with Crippen LogP contribution in [0.4, 0.5) is 4.79 Å². The van der Waals surface area contributed by atoms with Gasteiger partial charge in [0.05, 0.1) is 12.1 Å². The summed E-state index contributed by atoms with van der Waals surface area (Å²) in [6, 6.07) is -0.152. The lowest BCUT2D eigenvalue weighted by Crippen LogP contribution is -2.45. The van der Waals surface area contributed by atoms with E-state index in [1.165, 1.54) is 6.08 Å². The summed E-state index contributed by atoms with van der Waals surface area (Å²) in [6.45, 7) is 3.64. The van der Waals surface area contributed by atoms with Crippen LogP contribution in [0.15, 0.2) is 12.7 Å². The maximum absolute atomic E-state index is 11.1. The second-order valence-corrected chi connectivity index (χ2v) is 3.49. The first-order chi connectivity index (χ1) is 6.74. The van der Waals surface area contributed by atoms with Gasteiger partial charge in [-0.2, -0.15) is 0 Å². The highest BCUT2D eigenvalue weighted by Crippen LogP contribution is 2.18. The van der Waals surface area contributed by atoms with Gasteiger partial charge in [-0.3, -0.25) is 0 Å². The number of alkyl carbamates (subject to hydrolysis) is 1. The van der Waals surface area contributed by atoms with Gasteiger partial charge in [0.15, 0.2) is 0 Å². The molecule has 80 valence electrons. The summed E-state index contributed by atoms with van der Waals surface area (Å²) in [5.74, 6) is 0. The Morgan fingerprint density at radius 3 is 2.93 bits per heavy atom. The number of rotatable bonds is 3. The second-order valence-electron chi connectivity index (χ2n) is 3.49. The van der Waals surface area contributed by atoms with Crippen molar-refractivity contribution in [2.45, 2.75) is 37.8 Å². The molecule has 0 radical (unpaired) electrons. The van der Waals surface area contributed by atoms with Crippen LogP contribution in [0.1, 0.15) is 25.7 Å². The van der Waals surface area contributed by atoms with Crippen LogP contribution >= 0.6 is 0 Å². The smallest absolute Gasteiger partial charge is 0.407 e. The van der Waals surface area contributed by atoms with Gasteiger partial charge in [0.25, 0.3) is 0 Å². The Bertz CT molecular complexity index is 206. The zero-order valence-electron chi connectivity index (χ0n) is 8.24. The molecule has 1 fully saturated rings. The van der Waals surface area contributed by atoms with E-state index >= 15 is 0 Å². The minimum Gasteiger partial charge on any atom is -0.445 e. The Morgan fingerprint density at radius 1 is 1.57 bits per heavy atom. The van der Waals surface area contributed by atoms with E-state index in [1.54, 1.807) is 0 Å². The van der Waals surface area contributed by atoms with Crippen molar-refractivity contribution in [3.05, 3.63) is 12.7 Å². The first-order valence-corrected chi connectivity index (χ1v) is 4.96. The van der Waals surface area contributed by atoms with Gasteiger partial charge in [0.1, 0.15) is 6.61 Å². The van der Waals surface area contributed by atoms with Gasteiger partial charge in [-0.15, -0.1) is 0 Å². The van der Waals surface area contributed by atoms with E-state index in [-0.39, 0.29) is 12.6 Å². The van der Waals surface area contributed by atoms with Crippen molar-refractivity contribution in [1.82, 2.24) is 5.32 Å². The number of hydrogen-bond acceptors (Lipinski definition) is 3. The van der Waals surface area contributed by atoms with E-state index in [0.717, 1.165) is 25.7 Å². The predicted octanol–water partition coefficient (Wildman–Crippen LogP) is 1.20. The molecule has 1 aliphatic rings. The molecular formula is C10H17NO3. The van der Waals surface area contributed by atoms with Crippen molar-refractivity contribution in [2.24, 2.45) is 0 Å². The van der Waals surface area contributed by atoms with Crippen molar-refractivity contribution in [2.75, 3.05) is 6.61 Å². The van der Waals surface area contributed by atoms with Crippen LogP contribution in [-0.2, 0) is 4.74 Å². The van der Waals surface area contributed by atoms with Crippen LogP contribution < -0.4 is 5.32 Å². The van der Waals surface area contributed by atoms with Gasteiger partial charge in [-0.25, -0.2) is 4.79 Å². The lowest BCUT2D eigenvalue weighted by Gasteiger charge is -2.27. The van der Waals surface area contributed by atoms with Crippen LogP contribution in [0, 0.1) is 0 Å². The fourth-order valence-corrected chi connectivity index (χ4v) is 1.61. The molecule has 0 aromatic rings. The summed E-state index contributed by atoms with van der Waals surface area (Å²) in [5.41, 5.74) is 0. The number of nitrogens with one attached hydrogen (secondary N) is 1. The van der Waals surface area contributed by atoms with Crippen LogP contribution in [-0.4, -0.2) is 30.0 Å². The number of carbonyl (C=O) groups is 1. The zero-order valence-corrected chi connectivity index (χ0v) is 8.24. The molecule has 0 heterocycles. The van der Waals surface area contributed by atoms with Crippen molar-refractivity contribution in [3.8, 4) is 0 Å². The van der Waals surface area contributed by atoms with Crippen molar-refractivity contribution in [1.29, 1.82) is 0 Å². The summed E-state index contributed by atoms with van der Waals surface area (Å²) in [6.07, 6.45) is 4.26. The third kappa shape index (κ3) is 3.38. The normalized spacial score (nSPS) is 26.6. The van der Waals surface area contributed by atoms with Gasteiger partial charge in [-0.05, 0) is 12.8 Å². The Labute approximate surface area is 83.9 Å². The van der Waals surface area contributed by atoms with Gasteiger partial charge >= 0.3 is 6.09 Å². The molecule has 1 amide bonds. The Balaban J connectivity index is 2.27. The fourth-order valence-electron chi connectivity index (χ4n) is 1.61. The Kier molecular flexibility index (Phi) is 4.46. The van der Waals surface area contributed by atoms with Crippen molar-refractivity contribution in [3.63, 3.8) is 0 Å². The van der Waals surface area contributed by atoms with Crippen LogP contribution in [0.25, 0.3) is 0 Å². The molecule has 2 atom stereocenters. The SMILES string of the molecule is C=CCOC(=O)NC1CCCCC1O. The molecule has 4 nitrogen and oxygen atoms in total. The minimum absolute atomic E-state index is 0.152. The quantitative estimate of drug-likeness (QED) is 0.671. The molecule has 4 heteroatoms. The molecule has 1 rings (SSSR count). The fraction of sp³-hybridized carbons (Fsp3) is 0.700. The van der Waals surface area contributed by atoms with E-state index in [1.807, 2.05) is 0 Å². The summed E-state index contributed by atoms with van der Waals surface area (Å²) >= 11 is 0. The highest BCUT2D eigenvalue weighted by molar-refractivity contribution is 5.67. The maximum Gasteiger partial charge on any atom is 0.407 e. The van der Waals surface area contributed by atoms with Crippen molar-refractivity contribution < 1.29 is 14.6 Å². The number of amides is 1. The molecule has 2 unspecified atom stereocenters. The molecule has 0 spiro atoms. The van der Waals surface area contributed by atoms with E-state index in [0.29, 0.717) is 0 Å². The molecule has 0 aromatic carbocycles. The number of carbonyl (C=O) groups excluding carboxylic acids is 1. The zero-order chi connectivity index (χ0) is 10.4. The number of ether oxygens (including phenoxy) is 1. The van der Waals surface area contributed by atoms with Crippen molar-refractivity contribution >= 4 is 6.09 Å². The van der Waals surface area contributed by atoms with Crippen LogP contribution in [0.3, 0.4) is 0 Å². The Morgan fingerprint density at radius 2 is 2.29 bits per heavy atom. The van der Waals surface area contributed by atoms with E-state index < -0.39 is 12.2 Å². The minimum atomic E-state index is -0.476. The maximum atomic E-state index is 11.1. The van der Waals surface area contributed by atoms with Crippen LogP contribution in [0.2, 0.25) is 0 Å². The topological polar surface area (TPSA) is 58.6 Å². The van der Waals surface area contributed by atoms with Gasteiger partial charge in [0, 0.05) is 0 Å². The summed E-state index contributed by atoms with van der Waals surface area (Å²) in [4.78, 5) is 11.1. The van der Waals surface area contributed by atoms with E-state index in [4.69, 9.17) is 4.74 Å². The molecule has 0 aliphatic heterocycles. The highest BCUT2D eigenvalue weighted by atomic mass is 16.5. The van der Waals surface area contributed by atoms with Crippen LogP contribution in [0.5, 0.6) is 0 Å². The largest absolute Gasteiger partial charge is 0.445 e. The average Bonchev–Trinajstić information content (AvgIpc) is 2.18. The summed E-state index contributed by atoms with van der Waals surface area (Å²) < 4.78 is 4.76. The predicted molar refractivity (Wildman–Crippen MR) is 52.9 cm³/mol. The lowest BCUT2D eigenvalue weighted by molar-refractivity contribution is 0.0823. The third-order valence-corrected chi connectivity index (χ3v) is 2.37. The lowest BCUT2D eigenvalue weighted by atomic mass is 9.93. The summed E-state index contributed by atoms with van der Waals surface area (Å²) in [5, 5.41) is 12.2. The molecule has 0 aromatic heterocycles. The first-order valence-electron chi connectivity index (χ1n) is 4.96. The van der Waals surface area contributed by atoms with Gasteiger partial charge < -0.3 is 15.2 Å². The molecule has 0 bridgehead atoms. The number of aliphatic hydroxyl groups excluding tert-OH is 1. The Hall–Kier alpha value is -1.03. The molecule has 2 N–H and O–H groups in total. The van der Waals surface area contributed by atoms with E-state index in [9.17, 15) is 9.90 Å². The molecule has 1 aliphatic carbocycles.